The Kier molecular flexibility index (Phi) is 4.76. The van der Waals surface area contributed by atoms with Crippen molar-refractivity contribution >= 4 is 17.3 Å². The molecule has 0 fully saturated rings. The molecule has 0 aliphatic carbocycles. The predicted octanol–water partition coefficient (Wildman–Crippen LogP) is 3.36. The van der Waals surface area contributed by atoms with Gasteiger partial charge in [-0.1, -0.05) is 6.92 Å². The van der Waals surface area contributed by atoms with E-state index in [-0.39, 0.29) is 0 Å². The lowest BCUT2D eigenvalue weighted by molar-refractivity contribution is 0.317. The first-order valence-electron chi connectivity index (χ1n) is 6.73. The van der Waals surface area contributed by atoms with Crippen molar-refractivity contribution in [3.63, 3.8) is 0 Å². The van der Waals surface area contributed by atoms with Crippen LogP contribution in [-0.2, 0) is 0 Å². The van der Waals surface area contributed by atoms with Gasteiger partial charge in [-0.3, -0.25) is 0 Å². The second kappa shape index (κ2) is 6.75. The van der Waals surface area contributed by atoms with Crippen LogP contribution in [0.4, 0.5) is 17.3 Å². The maximum absolute atomic E-state index is 5.56. The average molecular weight is 272 g/mol. The van der Waals surface area contributed by atoms with E-state index >= 15 is 0 Å². The van der Waals surface area contributed by atoms with E-state index in [2.05, 4.69) is 27.5 Å². The van der Waals surface area contributed by atoms with Crippen molar-refractivity contribution in [2.45, 2.75) is 20.3 Å². The second-order valence-corrected chi connectivity index (χ2v) is 4.44. The highest BCUT2D eigenvalue weighted by Crippen LogP contribution is 2.23. The number of hydrogen-bond donors (Lipinski definition) is 2. The van der Waals surface area contributed by atoms with Crippen molar-refractivity contribution in [3.8, 4) is 5.75 Å². The van der Waals surface area contributed by atoms with Gasteiger partial charge in [0.25, 0.3) is 0 Å². The molecule has 2 rings (SSSR count). The van der Waals surface area contributed by atoms with Crippen LogP contribution in [0.2, 0.25) is 0 Å². The van der Waals surface area contributed by atoms with Crippen LogP contribution < -0.4 is 15.4 Å². The summed E-state index contributed by atoms with van der Waals surface area (Å²) in [6, 6.07) is 7.86. The van der Waals surface area contributed by atoms with Crippen LogP contribution in [0.1, 0.15) is 18.9 Å². The van der Waals surface area contributed by atoms with Gasteiger partial charge in [0.05, 0.1) is 6.61 Å². The van der Waals surface area contributed by atoms with E-state index in [9.17, 15) is 0 Å². The summed E-state index contributed by atoms with van der Waals surface area (Å²) in [5.74, 6) is 2.50. The van der Waals surface area contributed by atoms with Gasteiger partial charge in [-0.2, -0.15) is 0 Å². The molecule has 1 heterocycles. The number of anilines is 3. The summed E-state index contributed by atoms with van der Waals surface area (Å²) in [7, 11) is 1.85. The Balaban J connectivity index is 2.10. The largest absolute Gasteiger partial charge is 0.494 e. The molecule has 20 heavy (non-hydrogen) atoms. The van der Waals surface area contributed by atoms with Gasteiger partial charge >= 0.3 is 0 Å². The molecule has 0 atom stereocenters. The summed E-state index contributed by atoms with van der Waals surface area (Å²) < 4.78 is 5.56. The van der Waals surface area contributed by atoms with E-state index in [0.29, 0.717) is 0 Å². The number of hydrogen-bond acceptors (Lipinski definition) is 5. The smallest absolute Gasteiger partial charge is 0.138 e. The van der Waals surface area contributed by atoms with Crippen molar-refractivity contribution in [2.24, 2.45) is 0 Å². The van der Waals surface area contributed by atoms with Crippen LogP contribution in [0.3, 0.4) is 0 Å². The molecule has 0 aliphatic heterocycles. The number of nitrogens with zero attached hydrogens (tertiary/aromatic N) is 2. The van der Waals surface area contributed by atoms with Crippen LogP contribution in [0.25, 0.3) is 0 Å². The third kappa shape index (κ3) is 3.38. The van der Waals surface area contributed by atoms with E-state index in [1.807, 2.05) is 38.2 Å². The molecule has 1 aromatic carbocycles. The highest BCUT2D eigenvalue weighted by molar-refractivity contribution is 5.64. The minimum absolute atomic E-state index is 0.739. The number of rotatable bonds is 6. The van der Waals surface area contributed by atoms with Crippen LogP contribution >= 0.6 is 0 Å². The summed E-state index contributed by atoms with van der Waals surface area (Å²) in [5, 5.41) is 6.33. The Morgan fingerprint density at radius 2 is 1.80 bits per heavy atom. The van der Waals surface area contributed by atoms with Gasteiger partial charge in [0, 0.05) is 18.3 Å². The normalized spacial score (nSPS) is 10.2. The molecular formula is C15H20N4O. The third-order valence-electron chi connectivity index (χ3n) is 2.91. The fourth-order valence-corrected chi connectivity index (χ4v) is 1.82. The lowest BCUT2D eigenvalue weighted by Crippen LogP contribution is -2.02. The van der Waals surface area contributed by atoms with Crippen molar-refractivity contribution in [1.29, 1.82) is 0 Å². The Hall–Kier alpha value is -2.30. The SMILES string of the molecule is CCCOc1ccc(Nc2ncnc(NC)c2C)cc1. The maximum Gasteiger partial charge on any atom is 0.138 e. The molecule has 0 unspecified atom stereocenters. The molecule has 0 saturated carbocycles. The van der Waals surface area contributed by atoms with Crippen LogP contribution in [-0.4, -0.2) is 23.6 Å². The van der Waals surface area contributed by atoms with Gasteiger partial charge in [0.1, 0.15) is 23.7 Å². The fourth-order valence-electron chi connectivity index (χ4n) is 1.82. The van der Waals surface area contributed by atoms with Crippen LogP contribution in [0, 0.1) is 6.92 Å². The zero-order chi connectivity index (χ0) is 14.4. The monoisotopic (exact) mass is 272 g/mol. The van der Waals surface area contributed by atoms with E-state index in [1.54, 1.807) is 6.33 Å². The van der Waals surface area contributed by atoms with Crippen molar-refractivity contribution in [3.05, 3.63) is 36.2 Å². The zero-order valence-electron chi connectivity index (χ0n) is 12.1. The van der Waals surface area contributed by atoms with Gasteiger partial charge in [-0.15, -0.1) is 0 Å². The molecule has 0 radical (unpaired) electrons. The molecule has 106 valence electrons. The highest BCUT2D eigenvalue weighted by atomic mass is 16.5. The minimum Gasteiger partial charge on any atom is -0.494 e. The molecule has 0 bridgehead atoms. The fraction of sp³-hybridized carbons (Fsp3) is 0.333. The minimum atomic E-state index is 0.739. The molecule has 2 aromatic rings. The standard InChI is InChI=1S/C15H20N4O/c1-4-9-20-13-7-5-12(6-8-13)19-15-11(2)14(16-3)17-10-18-15/h5-8,10H,4,9H2,1-3H3,(H2,16,17,18,19). The number of aromatic nitrogens is 2. The van der Waals surface area contributed by atoms with Crippen LogP contribution in [0.15, 0.2) is 30.6 Å². The summed E-state index contributed by atoms with van der Waals surface area (Å²) in [4.78, 5) is 8.43. The lowest BCUT2D eigenvalue weighted by Gasteiger charge is -2.11. The number of ether oxygens (including phenoxy) is 1. The third-order valence-corrected chi connectivity index (χ3v) is 2.91. The molecule has 0 spiro atoms. The van der Waals surface area contributed by atoms with E-state index in [4.69, 9.17) is 4.74 Å². The molecule has 2 N–H and O–H groups in total. The van der Waals surface area contributed by atoms with Crippen molar-refractivity contribution in [2.75, 3.05) is 24.3 Å². The van der Waals surface area contributed by atoms with Crippen LogP contribution in [0.5, 0.6) is 5.75 Å². The van der Waals surface area contributed by atoms with Gasteiger partial charge in [-0.05, 0) is 37.6 Å². The lowest BCUT2D eigenvalue weighted by atomic mass is 10.2. The first-order valence-corrected chi connectivity index (χ1v) is 6.73. The van der Waals surface area contributed by atoms with Gasteiger partial charge in [0.2, 0.25) is 0 Å². The molecule has 0 saturated heterocycles. The topological polar surface area (TPSA) is 59.1 Å². The Bertz CT molecular complexity index is 554. The molecule has 5 nitrogen and oxygen atoms in total. The Morgan fingerprint density at radius 3 is 2.45 bits per heavy atom. The van der Waals surface area contributed by atoms with E-state index in [0.717, 1.165) is 41.7 Å². The first kappa shape index (κ1) is 14.1. The molecule has 5 heteroatoms. The maximum atomic E-state index is 5.56. The second-order valence-electron chi connectivity index (χ2n) is 4.44. The van der Waals surface area contributed by atoms with Gasteiger partial charge in [0.15, 0.2) is 0 Å². The molecule has 1 aromatic heterocycles. The Labute approximate surface area is 119 Å². The number of nitrogens with one attached hydrogen (secondary N) is 2. The summed E-state index contributed by atoms with van der Waals surface area (Å²) in [6.45, 7) is 4.81. The van der Waals surface area contributed by atoms with E-state index < -0.39 is 0 Å². The highest BCUT2D eigenvalue weighted by Gasteiger charge is 2.05. The first-order chi connectivity index (χ1) is 9.74. The van der Waals surface area contributed by atoms with Gasteiger partial charge < -0.3 is 15.4 Å². The van der Waals surface area contributed by atoms with Crippen molar-refractivity contribution < 1.29 is 4.74 Å². The summed E-state index contributed by atoms with van der Waals surface area (Å²) in [6.07, 6.45) is 2.55. The quantitative estimate of drug-likeness (QED) is 0.844. The molecule has 0 amide bonds. The average Bonchev–Trinajstić information content (AvgIpc) is 2.48. The van der Waals surface area contributed by atoms with Gasteiger partial charge in [-0.25, -0.2) is 9.97 Å². The molecule has 0 aliphatic rings. The Morgan fingerprint density at radius 1 is 1.10 bits per heavy atom. The zero-order valence-corrected chi connectivity index (χ0v) is 12.1. The number of benzene rings is 1. The summed E-state index contributed by atoms with van der Waals surface area (Å²) >= 11 is 0. The predicted molar refractivity (Wildman–Crippen MR) is 81.8 cm³/mol. The van der Waals surface area contributed by atoms with Crippen molar-refractivity contribution in [1.82, 2.24) is 9.97 Å². The summed E-state index contributed by atoms with van der Waals surface area (Å²) in [5.41, 5.74) is 1.96. The molecular weight excluding hydrogens is 252 g/mol. The van der Waals surface area contributed by atoms with E-state index in [1.165, 1.54) is 0 Å².